The van der Waals surface area contributed by atoms with Crippen LogP contribution in [0.15, 0.2) is 50.8 Å². The molecule has 0 spiro atoms. The SMILES string of the molecule is COCCn1cnc2c1c(=O)n(CC(=O)NCc1c(C)noc1C)c(=O)n2Cc1ccccc1. The van der Waals surface area contributed by atoms with E-state index in [1.807, 2.05) is 30.3 Å². The van der Waals surface area contributed by atoms with Gasteiger partial charge in [-0.1, -0.05) is 35.5 Å². The molecular formula is C23H26N6O5. The summed E-state index contributed by atoms with van der Waals surface area (Å²) in [6.45, 7) is 4.23. The van der Waals surface area contributed by atoms with Crippen LogP contribution < -0.4 is 16.6 Å². The van der Waals surface area contributed by atoms with Crippen molar-refractivity contribution >= 4 is 17.1 Å². The van der Waals surface area contributed by atoms with Crippen molar-refractivity contribution in [1.82, 2.24) is 29.2 Å². The molecular weight excluding hydrogens is 440 g/mol. The van der Waals surface area contributed by atoms with Crippen LogP contribution in [0, 0.1) is 13.8 Å². The van der Waals surface area contributed by atoms with Crippen LogP contribution in [-0.4, -0.2) is 43.5 Å². The van der Waals surface area contributed by atoms with Crippen LogP contribution in [0.5, 0.6) is 0 Å². The third kappa shape index (κ3) is 4.55. The molecule has 34 heavy (non-hydrogen) atoms. The summed E-state index contributed by atoms with van der Waals surface area (Å²) in [5.41, 5.74) is 1.62. The molecule has 0 radical (unpaired) electrons. The predicted octanol–water partition coefficient (Wildman–Crippen LogP) is 0.976. The minimum Gasteiger partial charge on any atom is -0.383 e. The molecule has 0 bridgehead atoms. The van der Waals surface area contributed by atoms with Gasteiger partial charge < -0.3 is 19.1 Å². The van der Waals surface area contributed by atoms with Crippen LogP contribution in [0.2, 0.25) is 0 Å². The number of hydrogen-bond acceptors (Lipinski definition) is 7. The van der Waals surface area contributed by atoms with E-state index in [4.69, 9.17) is 9.26 Å². The van der Waals surface area contributed by atoms with E-state index in [2.05, 4.69) is 15.5 Å². The standard InChI is InChI=1S/C23H26N6O5/c1-15-18(16(2)34-26-15)11-24-19(30)13-29-22(31)20-21(25-14-27(20)9-10-33-3)28(23(29)32)12-17-7-5-4-6-8-17/h4-8,14H,9-13H2,1-3H3,(H,24,30). The molecule has 3 aromatic heterocycles. The molecule has 0 aliphatic carbocycles. The smallest absolute Gasteiger partial charge is 0.333 e. The zero-order chi connectivity index (χ0) is 24.2. The molecule has 0 aliphatic rings. The minimum absolute atomic E-state index is 0.182. The molecule has 0 atom stereocenters. The van der Waals surface area contributed by atoms with Crippen molar-refractivity contribution in [2.45, 2.75) is 40.0 Å². The molecule has 0 aliphatic heterocycles. The number of nitrogens with one attached hydrogen (secondary N) is 1. The first-order valence-corrected chi connectivity index (χ1v) is 10.8. The average Bonchev–Trinajstić information content (AvgIpc) is 3.40. The van der Waals surface area contributed by atoms with E-state index in [1.165, 1.54) is 10.9 Å². The summed E-state index contributed by atoms with van der Waals surface area (Å²) in [5.74, 6) is 0.122. The highest BCUT2D eigenvalue weighted by atomic mass is 16.5. The van der Waals surface area contributed by atoms with Gasteiger partial charge in [0.2, 0.25) is 5.91 Å². The Morgan fingerprint density at radius 3 is 2.59 bits per heavy atom. The number of ether oxygens (including phenoxy) is 1. The molecule has 11 nitrogen and oxygen atoms in total. The largest absolute Gasteiger partial charge is 0.383 e. The highest BCUT2D eigenvalue weighted by molar-refractivity contribution is 5.76. The van der Waals surface area contributed by atoms with Crippen molar-refractivity contribution in [3.63, 3.8) is 0 Å². The Morgan fingerprint density at radius 1 is 1.15 bits per heavy atom. The molecule has 0 unspecified atom stereocenters. The van der Waals surface area contributed by atoms with E-state index in [-0.39, 0.29) is 24.3 Å². The quantitative estimate of drug-likeness (QED) is 0.390. The predicted molar refractivity (Wildman–Crippen MR) is 123 cm³/mol. The molecule has 4 rings (SSSR count). The molecule has 4 aromatic rings. The van der Waals surface area contributed by atoms with Crippen LogP contribution in [0.25, 0.3) is 11.2 Å². The van der Waals surface area contributed by atoms with Crippen molar-refractivity contribution in [2.75, 3.05) is 13.7 Å². The van der Waals surface area contributed by atoms with Gasteiger partial charge >= 0.3 is 5.69 Å². The van der Waals surface area contributed by atoms with Crippen LogP contribution in [0.1, 0.15) is 22.6 Å². The van der Waals surface area contributed by atoms with Crippen molar-refractivity contribution in [1.29, 1.82) is 0 Å². The monoisotopic (exact) mass is 466 g/mol. The second-order valence-corrected chi connectivity index (χ2v) is 7.93. The lowest BCUT2D eigenvalue weighted by Gasteiger charge is -2.13. The van der Waals surface area contributed by atoms with Gasteiger partial charge in [0.1, 0.15) is 12.3 Å². The molecule has 11 heteroatoms. The summed E-state index contributed by atoms with van der Waals surface area (Å²) < 4.78 is 14.2. The van der Waals surface area contributed by atoms with E-state index in [9.17, 15) is 14.4 Å². The zero-order valence-corrected chi connectivity index (χ0v) is 19.3. The summed E-state index contributed by atoms with van der Waals surface area (Å²) in [4.78, 5) is 43.7. The number of carbonyl (C=O) groups excluding carboxylic acids is 1. The van der Waals surface area contributed by atoms with Gasteiger partial charge in [0.15, 0.2) is 11.2 Å². The number of imidazole rings is 1. The number of aryl methyl sites for hydroxylation is 2. The van der Waals surface area contributed by atoms with E-state index in [1.54, 1.807) is 25.5 Å². The van der Waals surface area contributed by atoms with Gasteiger partial charge in [-0.05, 0) is 19.4 Å². The summed E-state index contributed by atoms with van der Waals surface area (Å²) in [6, 6.07) is 9.38. The fraction of sp³-hybridized carbons (Fsp3) is 0.348. The third-order valence-electron chi connectivity index (χ3n) is 5.65. The number of carbonyl (C=O) groups is 1. The van der Waals surface area contributed by atoms with Gasteiger partial charge in [-0.2, -0.15) is 0 Å². The molecule has 1 amide bonds. The number of rotatable bonds is 9. The molecule has 178 valence electrons. The Morgan fingerprint density at radius 2 is 1.91 bits per heavy atom. The number of methoxy groups -OCH3 is 1. The summed E-state index contributed by atoms with van der Waals surface area (Å²) >= 11 is 0. The number of nitrogens with zero attached hydrogens (tertiary/aromatic N) is 5. The Bertz CT molecular complexity index is 1410. The minimum atomic E-state index is -0.606. The van der Waals surface area contributed by atoms with E-state index >= 15 is 0 Å². The summed E-state index contributed by atoms with van der Waals surface area (Å²) in [7, 11) is 1.56. The number of fused-ring (bicyclic) bond motifs is 1. The number of amides is 1. The highest BCUT2D eigenvalue weighted by Crippen LogP contribution is 2.12. The maximum atomic E-state index is 13.4. The van der Waals surface area contributed by atoms with E-state index in [0.717, 1.165) is 15.7 Å². The van der Waals surface area contributed by atoms with Crippen molar-refractivity contribution in [2.24, 2.45) is 0 Å². The van der Waals surface area contributed by atoms with Crippen LogP contribution in [0.3, 0.4) is 0 Å². The number of aromatic nitrogens is 5. The van der Waals surface area contributed by atoms with Gasteiger partial charge in [0.05, 0.1) is 25.2 Å². The van der Waals surface area contributed by atoms with Crippen LogP contribution >= 0.6 is 0 Å². The van der Waals surface area contributed by atoms with Gasteiger partial charge in [-0.3, -0.25) is 14.2 Å². The Balaban J connectivity index is 1.72. The topological polar surface area (TPSA) is 126 Å². The fourth-order valence-corrected chi connectivity index (χ4v) is 3.79. The van der Waals surface area contributed by atoms with E-state index in [0.29, 0.717) is 24.6 Å². The first-order valence-electron chi connectivity index (χ1n) is 10.8. The first kappa shape index (κ1) is 23.2. The van der Waals surface area contributed by atoms with Crippen molar-refractivity contribution in [3.05, 3.63) is 80.1 Å². The van der Waals surface area contributed by atoms with Crippen LogP contribution in [-0.2, 0) is 35.7 Å². The average molecular weight is 466 g/mol. The zero-order valence-electron chi connectivity index (χ0n) is 19.3. The Hall–Kier alpha value is -3.99. The Kier molecular flexibility index (Phi) is 6.73. The molecule has 1 aromatic carbocycles. The van der Waals surface area contributed by atoms with Gasteiger partial charge in [-0.25, -0.2) is 14.3 Å². The van der Waals surface area contributed by atoms with E-state index < -0.39 is 23.7 Å². The third-order valence-corrected chi connectivity index (χ3v) is 5.65. The van der Waals surface area contributed by atoms with Crippen LogP contribution in [0.4, 0.5) is 0 Å². The highest BCUT2D eigenvalue weighted by Gasteiger charge is 2.20. The molecule has 0 saturated heterocycles. The molecule has 1 N–H and O–H groups in total. The lowest BCUT2D eigenvalue weighted by atomic mass is 10.2. The Labute approximate surface area is 194 Å². The van der Waals surface area contributed by atoms with Crippen molar-refractivity contribution in [3.8, 4) is 0 Å². The maximum Gasteiger partial charge on any atom is 0.333 e. The second-order valence-electron chi connectivity index (χ2n) is 7.93. The number of benzene rings is 1. The number of hydrogen-bond donors (Lipinski definition) is 1. The summed E-state index contributed by atoms with van der Waals surface area (Å²) in [5, 5.41) is 6.61. The second kappa shape index (κ2) is 9.87. The van der Waals surface area contributed by atoms with Crippen molar-refractivity contribution < 1.29 is 14.1 Å². The van der Waals surface area contributed by atoms with Gasteiger partial charge in [-0.15, -0.1) is 0 Å². The summed E-state index contributed by atoms with van der Waals surface area (Å²) in [6.07, 6.45) is 1.51. The molecule has 0 fully saturated rings. The lowest BCUT2D eigenvalue weighted by Crippen LogP contribution is -2.44. The fourth-order valence-electron chi connectivity index (χ4n) is 3.79. The normalized spacial score (nSPS) is 11.3. The molecule has 3 heterocycles. The van der Waals surface area contributed by atoms with Gasteiger partial charge in [0.25, 0.3) is 5.56 Å². The first-order chi connectivity index (χ1) is 16.4. The lowest BCUT2D eigenvalue weighted by molar-refractivity contribution is -0.121. The molecule has 0 saturated carbocycles. The van der Waals surface area contributed by atoms with Gasteiger partial charge in [0, 0.05) is 25.8 Å². The maximum absolute atomic E-state index is 13.4.